The highest BCUT2D eigenvalue weighted by Gasteiger charge is 2.07. The lowest BCUT2D eigenvalue weighted by Crippen LogP contribution is -1.92. The standard InChI is InChI=1S/C28H21N/c1-3-10-21(11-4-1)23-15-9-16-25(18-23)29-26-19-24-14-7-8-17-27(24)28(20-26)22-12-5-2-6-13-22/h1-20,29H. The Morgan fingerprint density at radius 2 is 1.07 bits per heavy atom. The molecule has 0 amide bonds. The molecule has 0 bridgehead atoms. The summed E-state index contributed by atoms with van der Waals surface area (Å²) in [6.07, 6.45) is 0. The normalized spacial score (nSPS) is 10.8. The quantitative estimate of drug-likeness (QED) is 0.338. The minimum atomic E-state index is 1.08. The predicted molar refractivity (Wildman–Crippen MR) is 125 cm³/mol. The van der Waals surface area contributed by atoms with Crippen molar-refractivity contribution in [2.24, 2.45) is 0 Å². The van der Waals surface area contributed by atoms with Gasteiger partial charge in [0.15, 0.2) is 0 Å². The van der Waals surface area contributed by atoms with Gasteiger partial charge in [0, 0.05) is 11.4 Å². The smallest absolute Gasteiger partial charge is 0.0396 e. The van der Waals surface area contributed by atoms with Crippen molar-refractivity contribution >= 4 is 22.1 Å². The second-order valence-corrected chi connectivity index (χ2v) is 7.18. The minimum absolute atomic E-state index is 1.08. The van der Waals surface area contributed by atoms with Gasteiger partial charge < -0.3 is 5.32 Å². The number of fused-ring (bicyclic) bond motifs is 1. The second kappa shape index (κ2) is 7.65. The van der Waals surface area contributed by atoms with Gasteiger partial charge in [0.05, 0.1) is 0 Å². The van der Waals surface area contributed by atoms with Crippen molar-refractivity contribution < 1.29 is 0 Å². The average molecular weight is 371 g/mol. The third-order valence-corrected chi connectivity index (χ3v) is 5.20. The summed E-state index contributed by atoms with van der Waals surface area (Å²) < 4.78 is 0. The van der Waals surface area contributed by atoms with E-state index in [4.69, 9.17) is 0 Å². The molecule has 0 aliphatic heterocycles. The number of rotatable bonds is 4. The van der Waals surface area contributed by atoms with E-state index >= 15 is 0 Å². The Bertz CT molecular complexity index is 1260. The van der Waals surface area contributed by atoms with Crippen molar-refractivity contribution in [3.05, 3.63) is 121 Å². The average Bonchev–Trinajstić information content (AvgIpc) is 2.80. The molecule has 0 saturated carbocycles. The van der Waals surface area contributed by atoms with Gasteiger partial charge in [-0.3, -0.25) is 0 Å². The minimum Gasteiger partial charge on any atom is -0.355 e. The molecule has 0 aromatic heterocycles. The molecular formula is C28H21N. The van der Waals surface area contributed by atoms with E-state index < -0.39 is 0 Å². The Kier molecular flexibility index (Phi) is 4.56. The lowest BCUT2D eigenvalue weighted by atomic mass is 9.97. The molecule has 29 heavy (non-hydrogen) atoms. The van der Waals surface area contributed by atoms with Crippen LogP contribution in [0.5, 0.6) is 0 Å². The maximum absolute atomic E-state index is 3.62. The Morgan fingerprint density at radius 1 is 0.414 bits per heavy atom. The number of hydrogen-bond acceptors (Lipinski definition) is 1. The van der Waals surface area contributed by atoms with E-state index in [-0.39, 0.29) is 0 Å². The first-order chi connectivity index (χ1) is 14.4. The number of nitrogens with one attached hydrogen (secondary N) is 1. The highest BCUT2D eigenvalue weighted by Crippen LogP contribution is 2.33. The molecule has 5 aromatic rings. The number of benzene rings is 5. The molecule has 0 atom stereocenters. The number of anilines is 2. The molecule has 0 radical (unpaired) electrons. The third kappa shape index (κ3) is 3.63. The zero-order valence-electron chi connectivity index (χ0n) is 16.0. The predicted octanol–water partition coefficient (Wildman–Crippen LogP) is 7.92. The van der Waals surface area contributed by atoms with Crippen LogP contribution in [0.4, 0.5) is 11.4 Å². The van der Waals surface area contributed by atoms with Gasteiger partial charge in [0.2, 0.25) is 0 Å². The van der Waals surface area contributed by atoms with E-state index in [1.807, 2.05) is 6.07 Å². The molecule has 5 rings (SSSR count). The molecule has 138 valence electrons. The molecule has 5 aromatic carbocycles. The molecule has 0 unspecified atom stereocenters. The summed E-state index contributed by atoms with van der Waals surface area (Å²) in [7, 11) is 0. The maximum atomic E-state index is 3.62. The van der Waals surface area contributed by atoms with Gasteiger partial charge in [-0.25, -0.2) is 0 Å². The summed E-state index contributed by atoms with van der Waals surface area (Å²) >= 11 is 0. The van der Waals surface area contributed by atoms with Crippen LogP contribution >= 0.6 is 0 Å². The van der Waals surface area contributed by atoms with Crippen LogP contribution in [0.1, 0.15) is 0 Å². The molecule has 0 fully saturated rings. The Labute approximate surface area is 171 Å². The SMILES string of the molecule is c1ccc(-c2cccc(Nc3cc(-c4ccccc4)c4ccccc4c3)c2)cc1. The van der Waals surface area contributed by atoms with Crippen LogP contribution in [0.3, 0.4) is 0 Å². The van der Waals surface area contributed by atoms with E-state index in [0.29, 0.717) is 0 Å². The Balaban J connectivity index is 1.57. The molecule has 0 aliphatic carbocycles. The fourth-order valence-electron chi connectivity index (χ4n) is 3.81. The van der Waals surface area contributed by atoms with E-state index in [1.54, 1.807) is 0 Å². The second-order valence-electron chi connectivity index (χ2n) is 7.18. The van der Waals surface area contributed by atoms with Gasteiger partial charge in [0.25, 0.3) is 0 Å². The van der Waals surface area contributed by atoms with Gasteiger partial charge in [-0.05, 0) is 57.3 Å². The van der Waals surface area contributed by atoms with Crippen molar-refractivity contribution in [2.75, 3.05) is 5.32 Å². The van der Waals surface area contributed by atoms with Crippen molar-refractivity contribution in [3.63, 3.8) is 0 Å². The maximum Gasteiger partial charge on any atom is 0.0396 e. The van der Waals surface area contributed by atoms with Crippen LogP contribution in [-0.4, -0.2) is 0 Å². The molecular weight excluding hydrogens is 350 g/mol. The monoisotopic (exact) mass is 371 g/mol. The summed E-state index contributed by atoms with van der Waals surface area (Å²) in [6.45, 7) is 0. The third-order valence-electron chi connectivity index (χ3n) is 5.20. The fraction of sp³-hybridized carbons (Fsp3) is 0. The molecule has 1 N–H and O–H groups in total. The summed E-state index contributed by atoms with van der Waals surface area (Å²) in [4.78, 5) is 0. The zero-order chi connectivity index (χ0) is 19.5. The molecule has 1 nitrogen and oxygen atoms in total. The fourth-order valence-corrected chi connectivity index (χ4v) is 3.81. The van der Waals surface area contributed by atoms with E-state index in [2.05, 4.69) is 121 Å². The van der Waals surface area contributed by atoms with Gasteiger partial charge in [0.1, 0.15) is 0 Å². The first kappa shape index (κ1) is 17.3. The molecule has 0 aliphatic rings. The topological polar surface area (TPSA) is 12.0 Å². The van der Waals surface area contributed by atoms with Crippen LogP contribution < -0.4 is 5.32 Å². The van der Waals surface area contributed by atoms with Crippen LogP contribution in [-0.2, 0) is 0 Å². The molecule has 0 spiro atoms. The van der Waals surface area contributed by atoms with Gasteiger partial charge >= 0.3 is 0 Å². The summed E-state index contributed by atoms with van der Waals surface area (Å²) in [5.74, 6) is 0. The van der Waals surface area contributed by atoms with E-state index in [9.17, 15) is 0 Å². The summed E-state index contributed by atoms with van der Waals surface area (Å²) in [5, 5.41) is 6.11. The first-order valence-corrected chi connectivity index (χ1v) is 9.87. The lowest BCUT2D eigenvalue weighted by Gasteiger charge is -2.13. The zero-order valence-corrected chi connectivity index (χ0v) is 16.0. The first-order valence-electron chi connectivity index (χ1n) is 9.87. The highest BCUT2D eigenvalue weighted by atomic mass is 14.9. The van der Waals surface area contributed by atoms with Crippen LogP contribution in [0.2, 0.25) is 0 Å². The van der Waals surface area contributed by atoms with Gasteiger partial charge in [-0.2, -0.15) is 0 Å². The number of hydrogen-bond donors (Lipinski definition) is 1. The van der Waals surface area contributed by atoms with Gasteiger partial charge in [-0.1, -0.05) is 97.1 Å². The lowest BCUT2D eigenvalue weighted by molar-refractivity contribution is 1.55. The van der Waals surface area contributed by atoms with Crippen molar-refractivity contribution in [1.82, 2.24) is 0 Å². The largest absolute Gasteiger partial charge is 0.355 e. The van der Waals surface area contributed by atoms with Crippen molar-refractivity contribution in [1.29, 1.82) is 0 Å². The summed E-state index contributed by atoms with van der Waals surface area (Å²) in [6, 6.07) is 42.6. The van der Waals surface area contributed by atoms with Crippen LogP contribution in [0.15, 0.2) is 121 Å². The summed E-state index contributed by atoms with van der Waals surface area (Å²) in [5.41, 5.74) is 7.07. The van der Waals surface area contributed by atoms with Crippen LogP contribution in [0.25, 0.3) is 33.0 Å². The van der Waals surface area contributed by atoms with E-state index in [0.717, 1.165) is 11.4 Å². The molecule has 0 saturated heterocycles. The molecule has 1 heteroatoms. The van der Waals surface area contributed by atoms with E-state index in [1.165, 1.54) is 33.0 Å². The van der Waals surface area contributed by atoms with Crippen LogP contribution in [0, 0.1) is 0 Å². The van der Waals surface area contributed by atoms with Crippen molar-refractivity contribution in [2.45, 2.75) is 0 Å². The highest BCUT2D eigenvalue weighted by molar-refractivity contribution is 5.99. The Hall–Kier alpha value is -3.84. The molecule has 0 heterocycles. The Morgan fingerprint density at radius 3 is 1.86 bits per heavy atom. The van der Waals surface area contributed by atoms with Gasteiger partial charge in [-0.15, -0.1) is 0 Å². The van der Waals surface area contributed by atoms with Crippen molar-refractivity contribution in [3.8, 4) is 22.3 Å².